The van der Waals surface area contributed by atoms with E-state index in [0.717, 1.165) is 36.6 Å². The Morgan fingerprint density at radius 2 is 2.04 bits per heavy atom. The Balaban J connectivity index is 1.65. The minimum atomic E-state index is -0.209. The Bertz CT molecular complexity index is 570. The zero-order valence-electron chi connectivity index (χ0n) is 14.0. The van der Waals surface area contributed by atoms with Gasteiger partial charge in [0, 0.05) is 19.1 Å². The number of rotatable bonds is 2. The quantitative estimate of drug-likeness (QED) is 0.830. The van der Waals surface area contributed by atoms with Gasteiger partial charge in [-0.25, -0.2) is 14.8 Å². The van der Waals surface area contributed by atoms with E-state index in [2.05, 4.69) is 14.9 Å². The van der Waals surface area contributed by atoms with Gasteiger partial charge >= 0.3 is 6.09 Å². The molecule has 0 aromatic carbocycles. The highest BCUT2D eigenvalue weighted by Gasteiger charge is 2.32. The third-order valence-electron chi connectivity index (χ3n) is 4.31. The van der Waals surface area contributed by atoms with Crippen molar-refractivity contribution in [1.82, 2.24) is 14.9 Å². The van der Waals surface area contributed by atoms with Crippen LogP contribution in [0, 0.1) is 6.92 Å². The third kappa shape index (κ3) is 3.33. The van der Waals surface area contributed by atoms with Gasteiger partial charge in [-0.05, 0) is 33.6 Å². The summed E-state index contributed by atoms with van der Waals surface area (Å²) < 4.78 is 11.0. The maximum atomic E-state index is 12.0. The van der Waals surface area contributed by atoms with E-state index >= 15 is 0 Å². The minimum absolute atomic E-state index is 0.0778. The molecular formula is C16H24N4O3. The van der Waals surface area contributed by atoms with E-state index in [9.17, 15) is 4.79 Å². The van der Waals surface area contributed by atoms with Crippen molar-refractivity contribution in [3.8, 4) is 5.75 Å². The summed E-state index contributed by atoms with van der Waals surface area (Å²) in [6, 6.07) is 0.370. The van der Waals surface area contributed by atoms with Gasteiger partial charge in [-0.15, -0.1) is 0 Å². The van der Waals surface area contributed by atoms with Gasteiger partial charge < -0.3 is 19.3 Å². The first-order chi connectivity index (χ1) is 11.1. The molecule has 0 unspecified atom stereocenters. The number of anilines is 1. The second-order valence-electron chi connectivity index (χ2n) is 6.30. The molecule has 126 valence electrons. The van der Waals surface area contributed by atoms with Gasteiger partial charge in [-0.2, -0.15) is 0 Å². The highest BCUT2D eigenvalue weighted by Crippen LogP contribution is 2.34. The standard InChI is InChI=1S/C16H24N4O3/c1-11(2)23-16(21)19-6-4-13(5-7-19)20-8-9-22-14-12(3)17-10-18-15(14)20/h10-11,13H,4-9H2,1-3H3. The maximum Gasteiger partial charge on any atom is 0.410 e. The van der Waals surface area contributed by atoms with Crippen molar-refractivity contribution in [2.75, 3.05) is 31.1 Å². The molecule has 0 saturated carbocycles. The molecule has 2 aliphatic rings. The molecule has 7 heteroatoms. The Hall–Kier alpha value is -2.05. The molecule has 23 heavy (non-hydrogen) atoms. The summed E-state index contributed by atoms with van der Waals surface area (Å²) in [6.07, 6.45) is 3.13. The summed E-state index contributed by atoms with van der Waals surface area (Å²) in [7, 11) is 0. The number of amides is 1. The molecule has 0 N–H and O–H groups in total. The number of hydrogen-bond donors (Lipinski definition) is 0. The summed E-state index contributed by atoms with van der Waals surface area (Å²) >= 11 is 0. The number of aryl methyl sites for hydroxylation is 1. The molecule has 0 bridgehead atoms. The fourth-order valence-electron chi connectivity index (χ4n) is 3.17. The molecule has 0 atom stereocenters. The summed E-state index contributed by atoms with van der Waals surface area (Å²) in [5.74, 6) is 1.67. The lowest BCUT2D eigenvalue weighted by Crippen LogP contribution is -2.49. The molecule has 3 rings (SSSR count). The summed E-state index contributed by atoms with van der Waals surface area (Å²) in [6.45, 7) is 8.59. The third-order valence-corrected chi connectivity index (χ3v) is 4.31. The molecule has 1 aromatic heterocycles. The number of hydrogen-bond acceptors (Lipinski definition) is 6. The summed E-state index contributed by atoms with van der Waals surface area (Å²) in [5, 5.41) is 0. The average molecular weight is 320 g/mol. The van der Waals surface area contributed by atoms with Crippen LogP contribution in [0.4, 0.5) is 10.6 Å². The van der Waals surface area contributed by atoms with Crippen molar-refractivity contribution in [2.24, 2.45) is 0 Å². The van der Waals surface area contributed by atoms with Gasteiger partial charge in [-0.3, -0.25) is 0 Å². The SMILES string of the molecule is Cc1ncnc2c1OCCN2C1CCN(C(=O)OC(C)C)CC1. The second kappa shape index (κ2) is 6.60. The van der Waals surface area contributed by atoms with E-state index in [-0.39, 0.29) is 12.2 Å². The zero-order chi connectivity index (χ0) is 16.4. The fraction of sp³-hybridized carbons (Fsp3) is 0.688. The molecule has 1 amide bonds. The molecule has 3 heterocycles. The largest absolute Gasteiger partial charge is 0.486 e. The monoisotopic (exact) mass is 320 g/mol. The Morgan fingerprint density at radius 3 is 2.74 bits per heavy atom. The van der Waals surface area contributed by atoms with Gasteiger partial charge in [0.2, 0.25) is 0 Å². The molecular weight excluding hydrogens is 296 g/mol. The van der Waals surface area contributed by atoms with Gasteiger partial charge in [-0.1, -0.05) is 0 Å². The lowest BCUT2D eigenvalue weighted by Gasteiger charge is -2.41. The van der Waals surface area contributed by atoms with Crippen LogP contribution in [0.1, 0.15) is 32.4 Å². The van der Waals surface area contributed by atoms with Gasteiger partial charge in [0.25, 0.3) is 0 Å². The fourth-order valence-corrected chi connectivity index (χ4v) is 3.17. The van der Waals surface area contributed by atoms with Crippen molar-refractivity contribution in [3.05, 3.63) is 12.0 Å². The molecule has 1 aromatic rings. The number of piperidine rings is 1. The van der Waals surface area contributed by atoms with Gasteiger partial charge in [0.15, 0.2) is 11.6 Å². The van der Waals surface area contributed by atoms with Gasteiger partial charge in [0.1, 0.15) is 12.9 Å². The number of fused-ring (bicyclic) bond motifs is 1. The Labute approximate surface area is 136 Å². The first-order valence-corrected chi connectivity index (χ1v) is 8.23. The first kappa shape index (κ1) is 15.8. The Kier molecular flexibility index (Phi) is 4.54. The second-order valence-corrected chi connectivity index (χ2v) is 6.30. The molecule has 0 spiro atoms. The van der Waals surface area contributed by atoms with Crippen LogP contribution < -0.4 is 9.64 Å². The molecule has 7 nitrogen and oxygen atoms in total. The number of carbonyl (C=O) groups excluding carboxylic acids is 1. The maximum absolute atomic E-state index is 12.0. The average Bonchev–Trinajstić information content (AvgIpc) is 2.54. The van der Waals surface area contributed by atoms with Crippen LogP contribution in [0.15, 0.2) is 6.33 Å². The van der Waals surface area contributed by atoms with E-state index < -0.39 is 0 Å². The minimum Gasteiger partial charge on any atom is -0.486 e. The van der Waals surface area contributed by atoms with Crippen LogP contribution in [0.25, 0.3) is 0 Å². The highest BCUT2D eigenvalue weighted by molar-refractivity contribution is 5.68. The van der Waals surface area contributed by atoms with Crippen molar-refractivity contribution in [1.29, 1.82) is 0 Å². The summed E-state index contributed by atoms with van der Waals surface area (Å²) in [5.41, 5.74) is 0.873. The number of carbonyl (C=O) groups is 1. The molecule has 2 aliphatic heterocycles. The first-order valence-electron chi connectivity index (χ1n) is 8.23. The number of nitrogens with zero attached hydrogens (tertiary/aromatic N) is 4. The number of likely N-dealkylation sites (tertiary alicyclic amines) is 1. The van der Waals surface area contributed by atoms with Crippen molar-refractivity contribution in [2.45, 2.75) is 45.8 Å². The summed E-state index contributed by atoms with van der Waals surface area (Å²) in [4.78, 5) is 24.7. The number of aromatic nitrogens is 2. The molecule has 1 saturated heterocycles. The topological polar surface area (TPSA) is 67.8 Å². The lowest BCUT2D eigenvalue weighted by atomic mass is 10.0. The Morgan fingerprint density at radius 1 is 1.30 bits per heavy atom. The van der Waals surface area contributed by atoms with Crippen LogP contribution in [0.3, 0.4) is 0 Å². The van der Waals surface area contributed by atoms with Crippen LogP contribution in [-0.4, -0.2) is 59.3 Å². The highest BCUT2D eigenvalue weighted by atomic mass is 16.6. The predicted octanol–water partition coefficient (Wildman–Crippen LogP) is 1.99. The molecule has 0 aliphatic carbocycles. The van der Waals surface area contributed by atoms with Crippen LogP contribution in [0.2, 0.25) is 0 Å². The van der Waals surface area contributed by atoms with E-state index in [1.807, 2.05) is 20.8 Å². The lowest BCUT2D eigenvalue weighted by molar-refractivity contribution is 0.0687. The normalized spacial score (nSPS) is 18.6. The van der Waals surface area contributed by atoms with Gasteiger partial charge in [0.05, 0.1) is 18.3 Å². The van der Waals surface area contributed by atoms with Crippen LogP contribution in [0.5, 0.6) is 5.75 Å². The van der Waals surface area contributed by atoms with E-state index in [1.165, 1.54) is 0 Å². The molecule has 0 radical (unpaired) electrons. The van der Waals surface area contributed by atoms with Crippen molar-refractivity contribution < 1.29 is 14.3 Å². The predicted molar refractivity (Wildman–Crippen MR) is 85.8 cm³/mol. The van der Waals surface area contributed by atoms with Crippen LogP contribution >= 0.6 is 0 Å². The van der Waals surface area contributed by atoms with E-state index in [4.69, 9.17) is 9.47 Å². The van der Waals surface area contributed by atoms with Crippen molar-refractivity contribution >= 4 is 11.9 Å². The van der Waals surface area contributed by atoms with E-state index in [0.29, 0.717) is 25.7 Å². The zero-order valence-corrected chi connectivity index (χ0v) is 14.0. The van der Waals surface area contributed by atoms with Crippen molar-refractivity contribution in [3.63, 3.8) is 0 Å². The molecule has 1 fully saturated rings. The van der Waals surface area contributed by atoms with Crippen LogP contribution in [-0.2, 0) is 4.74 Å². The number of ether oxygens (including phenoxy) is 2. The smallest absolute Gasteiger partial charge is 0.410 e. The van der Waals surface area contributed by atoms with E-state index in [1.54, 1.807) is 11.2 Å².